The van der Waals surface area contributed by atoms with Crippen molar-refractivity contribution in [1.29, 1.82) is 0 Å². The molecule has 2 aromatic rings. The van der Waals surface area contributed by atoms with Gasteiger partial charge in [-0.05, 0) is 19.1 Å². The fraction of sp³-hybridized carbons (Fsp3) is 0.526. The summed E-state index contributed by atoms with van der Waals surface area (Å²) < 4.78 is 8.01. The first-order valence-corrected chi connectivity index (χ1v) is 9.02. The molecule has 0 saturated heterocycles. The summed E-state index contributed by atoms with van der Waals surface area (Å²) >= 11 is 0. The molecule has 1 saturated carbocycles. The molecule has 1 heterocycles. The number of hydrogen-bond acceptors (Lipinski definition) is 4. The molecule has 0 spiro atoms. The first-order chi connectivity index (χ1) is 12.4. The number of aromatic nitrogens is 3. The Morgan fingerprint density at radius 3 is 2.77 bits per heavy atom. The number of benzene rings is 1. The van der Waals surface area contributed by atoms with Gasteiger partial charge in [-0.15, -0.1) is 10.2 Å². The average Bonchev–Trinajstić information content (AvgIpc) is 3.10. The van der Waals surface area contributed by atoms with Gasteiger partial charge in [-0.25, -0.2) is 4.79 Å². The highest BCUT2D eigenvalue weighted by Crippen LogP contribution is 2.45. The molecule has 2 unspecified atom stereocenters. The molecular formula is C19H27N5O2. The maximum absolute atomic E-state index is 12.5. The van der Waals surface area contributed by atoms with Crippen molar-refractivity contribution in [2.24, 2.45) is 5.41 Å². The van der Waals surface area contributed by atoms with E-state index in [1.54, 1.807) is 11.2 Å². The number of aryl methyl sites for hydroxylation is 1. The molecule has 0 radical (unpaired) electrons. The summed E-state index contributed by atoms with van der Waals surface area (Å²) in [4.78, 5) is 14.3. The number of amides is 2. The van der Waals surface area contributed by atoms with Gasteiger partial charge < -0.3 is 19.5 Å². The topological polar surface area (TPSA) is 72.3 Å². The largest absolute Gasteiger partial charge is 0.490 e. The van der Waals surface area contributed by atoms with Gasteiger partial charge in [0.25, 0.3) is 0 Å². The number of para-hydroxylation sites is 1. The van der Waals surface area contributed by atoms with Crippen LogP contribution in [-0.4, -0.2) is 44.9 Å². The monoisotopic (exact) mass is 357 g/mol. The lowest BCUT2D eigenvalue weighted by atomic mass is 9.64. The second-order valence-corrected chi connectivity index (χ2v) is 7.30. The predicted octanol–water partition coefficient (Wildman–Crippen LogP) is 2.69. The number of urea groups is 1. The standard InChI is InChI=1S/C19H27N5O2/c1-5-24-13-21-22-17(24)12-20-18(25)23(4)15-11-16(19(15,2)3)26-14-9-7-6-8-10-14/h6-10,13,15-16H,5,11-12H2,1-4H3,(H,20,25). The van der Waals surface area contributed by atoms with Gasteiger partial charge >= 0.3 is 6.03 Å². The summed E-state index contributed by atoms with van der Waals surface area (Å²) in [6, 6.07) is 9.85. The summed E-state index contributed by atoms with van der Waals surface area (Å²) in [5, 5.41) is 10.9. The normalized spacial score (nSPS) is 20.9. The highest BCUT2D eigenvalue weighted by atomic mass is 16.5. The minimum Gasteiger partial charge on any atom is -0.490 e. The Balaban J connectivity index is 1.54. The number of carbonyl (C=O) groups is 1. The SMILES string of the molecule is CCn1cnnc1CNC(=O)N(C)C1CC(Oc2ccccc2)C1(C)C. The Hall–Kier alpha value is -2.57. The van der Waals surface area contributed by atoms with Crippen LogP contribution in [0.4, 0.5) is 4.79 Å². The Bertz CT molecular complexity index is 743. The van der Waals surface area contributed by atoms with E-state index in [0.717, 1.165) is 24.5 Å². The maximum Gasteiger partial charge on any atom is 0.317 e. The molecule has 1 aliphatic carbocycles. The van der Waals surface area contributed by atoms with Gasteiger partial charge in [-0.1, -0.05) is 32.0 Å². The Morgan fingerprint density at radius 2 is 2.12 bits per heavy atom. The van der Waals surface area contributed by atoms with E-state index in [4.69, 9.17) is 4.74 Å². The van der Waals surface area contributed by atoms with Crippen molar-refractivity contribution in [3.8, 4) is 5.75 Å². The van der Waals surface area contributed by atoms with E-state index in [9.17, 15) is 4.79 Å². The molecule has 26 heavy (non-hydrogen) atoms. The van der Waals surface area contributed by atoms with Crippen molar-refractivity contribution in [1.82, 2.24) is 25.0 Å². The summed E-state index contributed by atoms with van der Waals surface area (Å²) in [5.41, 5.74) is -0.120. The lowest BCUT2D eigenvalue weighted by Crippen LogP contribution is -2.64. The van der Waals surface area contributed by atoms with Crippen molar-refractivity contribution >= 4 is 6.03 Å². The van der Waals surface area contributed by atoms with Crippen LogP contribution in [0, 0.1) is 5.41 Å². The molecule has 1 aromatic heterocycles. The van der Waals surface area contributed by atoms with E-state index in [2.05, 4.69) is 29.4 Å². The zero-order valence-electron chi connectivity index (χ0n) is 15.8. The lowest BCUT2D eigenvalue weighted by Gasteiger charge is -2.54. The zero-order chi connectivity index (χ0) is 18.7. The zero-order valence-corrected chi connectivity index (χ0v) is 15.8. The Morgan fingerprint density at radius 1 is 1.38 bits per heavy atom. The predicted molar refractivity (Wildman–Crippen MR) is 98.7 cm³/mol. The van der Waals surface area contributed by atoms with E-state index in [1.807, 2.05) is 48.9 Å². The van der Waals surface area contributed by atoms with E-state index >= 15 is 0 Å². The molecule has 1 aromatic carbocycles. The summed E-state index contributed by atoms with van der Waals surface area (Å²) in [5.74, 6) is 1.63. The molecule has 2 amide bonds. The van der Waals surface area contributed by atoms with Crippen LogP contribution in [0.25, 0.3) is 0 Å². The van der Waals surface area contributed by atoms with E-state index in [0.29, 0.717) is 6.54 Å². The van der Waals surface area contributed by atoms with Gasteiger partial charge in [0.05, 0.1) is 6.54 Å². The molecule has 1 aliphatic rings. The second kappa shape index (κ2) is 7.35. The highest BCUT2D eigenvalue weighted by Gasteiger charge is 2.52. The van der Waals surface area contributed by atoms with Crippen molar-refractivity contribution < 1.29 is 9.53 Å². The second-order valence-electron chi connectivity index (χ2n) is 7.30. The minimum atomic E-state index is -0.120. The van der Waals surface area contributed by atoms with Crippen molar-refractivity contribution in [2.75, 3.05) is 7.05 Å². The number of carbonyl (C=O) groups excluding carboxylic acids is 1. The molecule has 140 valence electrons. The third-order valence-electron chi connectivity index (χ3n) is 5.37. The molecule has 2 atom stereocenters. The van der Waals surface area contributed by atoms with Crippen LogP contribution in [0.3, 0.4) is 0 Å². The summed E-state index contributed by atoms with van der Waals surface area (Å²) in [6.45, 7) is 7.46. The first kappa shape index (κ1) is 18.2. The molecule has 0 aliphatic heterocycles. The molecule has 1 N–H and O–H groups in total. The van der Waals surface area contributed by atoms with Gasteiger partial charge in [0.15, 0.2) is 5.82 Å². The van der Waals surface area contributed by atoms with Crippen LogP contribution in [0.15, 0.2) is 36.7 Å². The Kier molecular flexibility index (Phi) is 5.15. The summed E-state index contributed by atoms with van der Waals surface area (Å²) in [7, 11) is 1.84. The van der Waals surface area contributed by atoms with Crippen LogP contribution in [0.2, 0.25) is 0 Å². The van der Waals surface area contributed by atoms with Crippen LogP contribution in [-0.2, 0) is 13.1 Å². The average molecular weight is 357 g/mol. The number of rotatable bonds is 6. The fourth-order valence-electron chi connectivity index (χ4n) is 3.49. The van der Waals surface area contributed by atoms with Gasteiger partial charge in [-0.2, -0.15) is 0 Å². The molecule has 7 heteroatoms. The van der Waals surface area contributed by atoms with Crippen LogP contribution in [0.5, 0.6) is 5.75 Å². The number of nitrogens with zero attached hydrogens (tertiary/aromatic N) is 4. The van der Waals surface area contributed by atoms with Crippen LogP contribution >= 0.6 is 0 Å². The third kappa shape index (κ3) is 3.52. The lowest BCUT2D eigenvalue weighted by molar-refractivity contribution is -0.0861. The van der Waals surface area contributed by atoms with Crippen LogP contribution in [0.1, 0.15) is 33.0 Å². The number of ether oxygens (including phenoxy) is 1. The van der Waals surface area contributed by atoms with Crippen molar-refractivity contribution in [2.45, 2.75) is 52.4 Å². The van der Waals surface area contributed by atoms with E-state index in [-0.39, 0.29) is 23.6 Å². The molecule has 1 fully saturated rings. The van der Waals surface area contributed by atoms with Crippen molar-refractivity contribution in [3.63, 3.8) is 0 Å². The highest BCUT2D eigenvalue weighted by molar-refractivity contribution is 5.74. The van der Waals surface area contributed by atoms with Crippen LogP contribution < -0.4 is 10.1 Å². The third-order valence-corrected chi connectivity index (χ3v) is 5.37. The van der Waals surface area contributed by atoms with Gasteiger partial charge in [0, 0.05) is 31.5 Å². The number of hydrogen-bond donors (Lipinski definition) is 1. The molecule has 3 rings (SSSR count). The van der Waals surface area contributed by atoms with E-state index in [1.165, 1.54) is 0 Å². The molecule has 0 bridgehead atoms. The molecular weight excluding hydrogens is 330 g/mol. The number of nitrogens with one attached hydrogen (secondary N) is 1. The summed E-state index contributed by atoms with van der Waals surface area (Å²) in [6.07, 6.45) is 2.58. The van der Waals surface area contributed by atoms with Crippen molar-refractivity contribution in [3.05, 3.63) is 42.5 Å². The smallest absolute Gasteiger partial charge is 0.317 e. The van der Waals surface area contributed by atoms with E-state index < -0.39 is 0 Å². The van der Waals surface area contributed by atoms with Gasteiger partial charge in [0.1, 0.15) is 18.2 Å². The van der Waals surface area contributed by atoms with Gasteiger partial charge in [0.2, 0.25) is 0 Å². The minimum absolute atomic E-state index is 0.0911. The van der Waals surface area contributed by atoms with Gasteiger partial charge in [-0.3, -0.25) is 0 Å². The first-order valence-electron chi connectivity index (χ1n) is 9.02. The maximum atomic E-state index is 12.5. The quantitative estimate of drug-likeness (QED) is 0.863. The fourth-order valence-corrected chi connectivity index (χ4v) is 3.49. The Labute approximate surface area is 154 Å². The molecule has 7 nitrogen and oxygen atoms in total.